The zero-order valence-electron chi connectivity index (χ0n) is 9.86. The number of nitrogens with two attached hydrogens (primary N) is 1. The van der Waals surface area contributed by atoms with Crippen LogP contribution in [0.5, 0.6) is 0 Å². The number of hydrogen-bond donors (Lipinski definition) is 2. The highest BCUT2D eigenvalue weighted by Gasteiger charge is 2.25. The molecule has 0 amide bonds. The summed E-state index contributed by atoms with van der Waals surface area (Å²) in [6, 6.07) is 5.70. The third kappa shape index (κ3) is 3.53. The van der Waals surface area contributed by atoms with Gasteiger partial charge in [-0.1, -0.05) is 35.3 Å². The Hall–Kier alpha value is 0.0300. The maximum Gasteiger partial charge on any atom is 0.0835 e. The van der Waals surface area contributed by atoms with Crippen molar-refractivity contribution in [3.05, 3.63) is 33.8 Å². The van der Waals surface area contributed by atoms with E-state index in [-0.39, 0.29) is 12.1 Å². The average molecular weight is 307 g/mol. The van der Waals surface area contributed by atoms with Crippen molar-refractivity contribution < 1.29 is 4.74 Å². The van der Waals surface area contributed by atoms with Crippen LogP contribution in [0.15, 0.2) is 18.2 Å². The minimum Gasteiger partial charge on any atom is -0.375 e. The Morgan fingerprint density at radius 1 is 1.50 bits per heavy atom. The highest BCUT2D eigenvalue weighted by molar-refractivity contribution is 7.99. The van der Waals surface area contributed by atoms with Crippen LogP contribution in [0.2, 0.25) is 10.0 Å². The number of halogens is 2. The first-order valence-corrected chi connectivity index (χ1v) is 7.72. The van der Waals surface area contributed by atoms with Crippen molar-refractivity contribution in [3.8, 4) is 0 Å². The van der Waals surface area contributed by atoms with Crippen LogP contribution in [0.1, 0.15) is 5.56 Å². The Morgan fingerprint density at radius 2 is 2.33 bits per heavy atom. The molecule has 2 atom stereocenters. The van der Waals surface area contributed by atoms with Gasteiger partial charge in [0.1, 0.15) is 0 Å². The molecule has 1 aliphatic rings. The quantitative estimate of drug-likeness (QED) is 0.663. The van der Waals surface area contributed by atoms with Crippen LogP contribution < -0.4 is 11.3 Å². The topological polar surface area (TPSA) is 47.3 Å². The number of rotatable bonds is 4. The lowest BCUT2D eigenvalue weighted by atomic mass is 10.0. The van der Waals surface area contributed by atoms with Crippen LogP contribution >= 0.6 is 35.0 Å². The molecule has 1 aromatic carbocycles. The molecule has 0 spiro atoms. The molecule has 0 radical (unpaired) electrons. The van der Waals surface area contributed by atoms with Gasteiger partial charge in [0.15, 0.2) is 0 Å². The normalized spacial score (nSPS) is 21.8. The van der Waals surface area contributed by atoms with Gasteiger partial charge in [0, 0.05) is 11.5 Å². The monoisotopic (exact) mass is 306 g/mol. The highest BCUT2D eigenvalue weighted by atomic mass is 35.5. The molecular weight excluding hydrogens is 291 g/mol. The fourth-order valence-electron chi connectivity index (χ4n) is 1.98. The number of nitrogens with one attached hydrogen (secondary N) is 1. The third-order valence-corrected chi connectivity index (χ3v) is 4.85. The van der Waals surface area contributed by atoms with E-state index in [2.05, 4.69) is 5.43 Å². The predicted octanol–water partition coefficient (Wildman–Crippen LogP) is 2.50. The van der Waals surface area contributed by atoms with Gasteiger partial charge in [-0.15, -0.1) is 0 Å². The van der Waals surface area contributed by atoms with E-state index in [1.807, 2.05) is 23.9 Å². The molecule has 1 saturated heterocycles. The lowest BCUT2D eigenvalue weighted by Gasteiger charge is -2.30. The molecule has 0 bridgehead atoms. The van der Waals surface area contributed by atoms with Crippen LogP contribution in [0.25, 0.3) is 0 Å². The second-order valence-electron chi connectivity index (χ2n) is 4.17. The molecule has 100 valence electrons. The Balaban J connectivity index is 2.07. The van der Waals surface area contributed by atoms with E-state index < -0.39 is 0 Å². The van der Waals surface area contributed by atoms with Gasteiger partial charge in [0.2, 0.25) is 0 Å². The molecule has 3 N–H and O–H groups in total. The van der Waals surface area contributed by atoms with E-state index in [4.69, 9.17) is 33.8 Å². The summed E-state index contributed by atoms with van der Waals surface area (Å²) in [7, 11) is 0. The minimum atomic E-state index is 0.0498. The van der Waals surface area contributed by atoms with Crippen molar-refractivity contribution in [3.63, 3.8) is 0 Å². The van der Waals surface area contributed by atoms with Crippen LogP contribution in [-0.4, -0.2) is 30.3 Å². The Morgan fingerprint density at radius 3 is 3.00 bits per heavy atom. The number of thioether (sulfide) groups is 1. The van der Waals surface area contributed by atoms with E-state index in [0.717, 1.165) is 23.7 Å². The number of hydrazine groups is 1. The number of benzene rings is 1. The van der Waals surface area contributed by atoms with Crippen molar-refractivity contribution >= 4 is 35.0 Å². The molecule has 18 heavy (non-hydrogen) atoms. The average Bonchev–Trinajstić information content (AvgIpc) is 2.41. The van der Waals surface area contributed by atoms with Gasteiger partial charge in [-0.05, 0) is 18.1 Å². The van der Waals surface area contributed by atoms with E-state index in [9.17, 15) is 0 Å². The molecule has 1 heterocycles. The summed E-state index contributed by atoms with van der Waals surface area (Å²) in [5.74, 6) is 7.62. The fraction of sp³-hybridized carbons (Fsp3) is 0.500. The van der Waals surface area contributed by atoms with Crippen molar-refractivity contribution in [1.29, 1.82) is 0 Å². The number of hydrogen-bond acceptors (Lipinski definition) is 4. The molecule has 2 rings (SSSR count). The van der Waals surface area contributed by atoms with Gasteiger partial charge in [-0.3, -0.25) is 11.3 Å². The summed E-state index contributed by atoms with van der Waals surface area (Å²) in [5, 5.41) is 1.17. The molecule has 1 fully saturated rings. The molecule has 0 saturated carbocycles. The van der Waals surface area contributed by atoms with E-state index in [0.29, 0.717) is 16.5 Å². The smallest absolute Gasteiger partial charge is 0.0835 e. The molecule has 1 aliphatic heterocycles. The SMILES string of the molecule is NNC(Cc1cccc(Cl)c1Cl)C1CSCCO1. The van der Waals surface area contributed by atoms with Crippen molar-refractivity contribution in [2.24, 2.45) is 5.84 Å². The van der Waals surface area contributed by atoms with Crippen molar-refractivity contribution in [2.45, 2.75) is 18.6 Å². The summed E-state index contributed by atoms with van der Waals surface area (Å²) in [4.78, 5) is 0. The van der Waals surface area contributed by atoms with Gasteiger partial charge in [-0.2, -0.15) is 11.8 Å². The zero-order chi connectivity index (χ0) is 13.0. The van der Waals surface area contributed by atoms with Crippen molar-refractivity contribution in [1.82, 2.24) is 5.43 Å². The zero-order valence-corrected chi connectivity index (χ0v) is 12.2. The molecule has 0 aliphatic carbocycles. The third-order valence-electron chi connectivity index (χ3n) is 2.98. The Kier molecular flexibility index (Phi) is 5.60. The van der Waals surface area contributed by atoms with E-state index in [1.54, 1.807) is 6.07 Å². The van der Waals surface area contributed by atoms with Crippen LogP contribution in [0.4, 0.5) is 0 Å². The van der Waals surface area contributed by atoms with E-state index in [1.165, 1.54) is 0 Å². The van der Waals surface area contributed by atoms with Gasteiger partial charge in [0.25, 0.3) is 0 Å². The maximum atomic E-state index is 6.19. The van der Waals surface area contributed by atoms with Gasteiger partial charge in [-0.25, -0.2) is 0 Å². The summed E-state index contributed by atoms with van der Waals surface area (Å²) >= 11 is 14.1. The van der Waals surface area contributed by atoms with E-state index >= 15 is 0 Å². The van der Waals surface area contributed by atoms with Crippen LogP contribution in [0, 0.1) is 0 Å². The molecular formula is C12H16Cl2N2OS. The van der Waals surface area contributed by atoms with Crippen LogP contribution in [-0.2, 0) is 11.2 Å². The van der Waals surface area contributed by atoms with Gasteiger partial charge in [0.05, 0.1) is 28.8 Å². The van der Waals surface area contributed by atoms with Gasteiger partial charge < -0.3 is 4.74 Å². The summed E-state index contributed by atoms with van der Waals surface area (Å²) in [5.41, 5.74) is 3.82. The maximum absolute atomic E-state index is 6.19. The predicted molar refractivity (Wildman–Crippen MR) is 78.3 cm³/mol. The Labute approximate surface area is 121 Å². The lowest BCUT2D eigenvalue weighted by Crippen LogP contribution is -2.49. The second-order valence-corrected chi connectivity index (χ2v) is 6.11. The first-order chi connectivity index (χ1) is 8.72. The molecule has 2 unspecified atom stereocenters. The van der Waals surface area contributed by atoms with Gasteiger partial charge >= 0.3 is 0 Å². The highest BCUT2D eigenvalue weighted by Crippen LogP contribution is 2.27. The summed E-state index contributed by atoms with van der Waals surface area (Å²) in [6.45, 7) is 0.775. The summed E-state index contributed by atoms with van der Waals surface area (Å²) < 4.78 is 5.73. The van der Waals surface area contributed by atoms with Crippen LogP contribution in [0.3, 0.4) is 0 Å². The second kappa shape index (κ2) is 6.98. The standard InChI is InChI=1S/C12H16Cl2N2OS/c13-9-3-1-2-8(12(9)14)6-10(16-15)11-7-18-5-4-17-11/h1-3,10-11,16H,4-7,15H2. The van der Waals surface area contributed by atoms with Crippen molar-refractivity contribution in [2.75, 3.05) is 18.1 Å². The summed E-state index contributed by atoms with van der Waals surface area (Å²) in [6.07, 6.45) is 0.824. The first kappa shape index (κ1) is 14.4. The number of ether oxygens (including phenoxy) is 1. The molecule has 0 aromatic heterocycles. The lowest BCUT2D eigenvalue weighted by molar-refractivity contribution is 0.0472. The molecule has 6 heteroatoms. The largest absolute Gasteiger partial charge is 0.375 e. The molecule has 3 nitrogen and oxygen atoms in total. The fourth-order valence-corrected chi connectivity index (χ4v) is 3.32. The minimum absolute atomic E-state index is 0.0498. The first-order valence-electron chi connectivity index (χ1n) is 5.80. The molecule has 1 aromatic rings. The Bertz CT molecular complexity index is 400.